The topological polar surface area (TPSA) is 66.9 Å². The quantitative estimate of drug-likeness (QED) is 0.757. The summed E-state index contributed by atoms with van der Waals surface area (Å²) in [4.78, 5) is 9.99. The van der Waals surface area contributed by atoms with Crippen LogP contribution in [0, 0.1) is 5.92 Å². The normalized spacial score (nSPS) is 26.8. The van der Waals surface area contributed by atoms with Gasteiger partial charge >= 0.3 is 0 Å². The maximum atomic E-state index is 6.40. The van der Waals surface area contributed by atoms with E-state index in [2.05, 4.69) is 31.1 Å². The zero-order valence-electron chi connectivity index (χ0n) is 15.2. The van der Waals surface area contributed by atoms with Gasteiger partial charge in [-0.1, -0.05) is 6.07 Å². The van der Waals surface area contributed by atoms with Gasteiger partial charge in [0.25, 0.3) is 0 Å². The van der Waals surface area contributed by atoms with Crippen LogP contribution in [0.15, 0.2) is 55.0 Å². The molecule has 6 nitrogen and oxygen atoms in total. The van der Waals surface area contributed by atoms with Crippen molar-refractivity contribution in [2.24, 2.45) is 5.92 Å². The highest BCUT2D eigenvalue weighted by atomic mass is 16.5. The lowest BCUT2D eigenvalue weighted by molar-refractivity contribution is -0.0599. The van der Waals surface area contributed by atoms with Crippen LogP contribution in [-0.4, -0.2) is 50.3 Å². The van der Waals surface area contributed by atoms with Gasteiger partial charge in [0.1, 0.15) is 11.8 Å². The molecule has 3 aromatic rings. The molecule has 3 aliphatic heterocycles. The number of aromatic nitrogens is 4. The van der Waals surface area contributed by atoms with Crippen molar-refractivity contribution in [2.45, 2.75) is 31.4 Å². The van der Waals surface area contributed by atoms with Crippen LogP contribution in [0.5, 0.6) is 5.88 Å². The third kappa shape index (κ3) is 3.32. The van der Waals surface area contributed by atoms with E-state index in [1.807, 2.05) is 48.9 Å². The smallest absolute Gasteiger partial charge is 0.233 e. The molecule has 0 aromatic carbocycles. The first-order chi connectivity index (χ1) is 13.4. The van der Waals surface area contributed by atoms with Gasteiger partial charge in [-0.15, -0.1) is 10.2 Å². The second-order valence-electron chi connectivity index (χ2n) is 7.43. The third-order valence-corrected chi connectivity index (χ3v) is 5.83. The Morgan fingerprint density at radius 3 is 2.70 bits per heavy atom. The Morgan fingerprint density at radius 2 is 2.00 bits per heavy atom. The molecule has 3 saturated heterocycles. The molecule has 0 amide bonds. The lowest BCUT2D eigenvalue weighted by Crippen LogP contribution is -2.60. The SMILES string of the molecule is c1cncc(C[C@@H]2[C@@H](Oc3ccc(-c4ccc[nH]4)nn3)C3CCN2CC3)c1. The number of nitrogens with one attached hydrogen (secondary N) is 1. The molecule has 2 atom stereocenters. The van der Waals surface area contributed by atoms with E-state index in [0.29, 0.717) is 17.8 Å². The molecule has 0 aliphatic carbocycles. The summed E-state index contributed by atoms with van der Waals surface area (Å²) < 4.78 is 6.40. The standard InChI is InChI=1S/C21H23N5O/c1-3-15(14-22-9-1)13-19-21(16-7-11-26(19)12-8-16)27-20-6-5-18(24-25-20)17-4-2-10-23-17/h1-6,9-10,14,16,19,21,23H,7-8,11-13H2/t19-,21+/m1/s1. The summed E-state index contributed by atoms with van der Waals surface area (Å²) >= 11 is 0. The van der Waals surface area contributed by atoms with E-state index in [4.69, 9.17) is 4.74 Å². The molecule has 2 bridgehead atoms. The molecule has 6 heteroatoms. The second-order valence-corrected chi connectivity index (χ2v) is 7.43. The number of piperidine rings is 3. The fraction of sp³-hybridized carbons (Fsp3) is 0.381. The molecule has 0 unspecified atom stereocenters. The van der Waals surface area contributed by atoms with Crippen LogP contribution in [0.1, 0.15) is 18.4 Å². The largest absolute Gasteiger partial charge is 0.471 e. The van der Waals surface area contributed by atoms with Gasteiger partial charge in [-0.2, -0.15) is 0 Å². The van der Waals surface area contributed by atoms with Crippen molar-refractivity contribution in [1.82, 2.24) is 25.1 Å². The average molecular weight is 361 g/mol. The van der Waals surface area contributed by atoms with Gasteiger partial charge in [-0.05, 0) is 68.1 Å². The minimum Gasteiger partial charge on any atom is -0.471 e. The summed E-state index contributed by atoms with van der Waals surface area (Å²) in [6.07, 6.45) is 9.18. The number of nitrogens with zero attached hydrogens (tertiary/aromatic N) is 4. The van der Waals surface area contributed by atoms with Crippen LogP contribution in [0.3, 0.4) is 0 Å². The molecule has 0 saturated carbocycles. The molecule has 3 fully saturated rings. The summed E-state index contributed by atoms with van der Waals surface area (Å²) in [6, 6.07) is 12.4. The minimum absolute atomic E-state index is 0.151. The highest BCUT2D eigenvalue weighted by Crippen LogP contribution is 2.36. The van der Waals surface area contributed by atoms with Crippen molar-refractivity contribution in [3.8, 4) is 17.3 Å². The number of aromatic amines is 1. The van der Waals surface area contributed by atoms with E-state index in [9.17, 15) is 0 Å². The van der Waals surface area contributed by atoms with E-state index in [0.717, 1.165) is 30.9 Å². The van der Waals surface area contributed by atoms with Gasteiger partial charge in [-0.25, -0.2) is 0 Å². The third-order valence-electron chi connectivity index (χ3n) is 5.83. The zero-order valence-corrected chi connectivity index (χ0v) is 15.2. The molecule has 6 heterocycles. The highest BCUT2D eigenvalue weighted by molar-refractivity contribution is 5.53. The molecular weight excluding hydrogens is 338 g/mol. The number of pyridine rings is 1. The van der Waals surface area contributed by atoms with Gasteiger partial charge in [0.15, 0.2) is 0 Å². The Balaban J connectivity index is 1.35. The first-order valence-corrected chi connectivity index (χ1v) is 9.64. The Labute approximate surface area is 158 Å². The molecule has 27 heavy (non-hydrogen) atoms. The predicted octanol–water partition coefficient (Wildman–Crippen LogP) is 2.95. The number of H-pyrrole nitrogens is 1. The molecule has 3 aliphatic rings. The van der Waals surface area contributed by atoms with Crippen molar-refractivity contribution in [3.05, 3.63) is 60.6 Å². The molecule has 6 rings (SSSR count). The number of hydrogen-bond donors (Lipinski definition) is 1. The van der Waals surface area contributed by atoms with Gasteiger partial charge in [-0.3, -0.25) is 9.88 Å². The lowest BCUT2D eigenvalue weighted by atomic mass is 9.78. The fourth-order valence-electron chi connectivity index (χ4n) is 4.44. The fourth-order valence-corrected chi connectivity index (χ4v) is 4.44. The first kappa shape index (κ1) is 16.4. The maximum absolute atomic E-state index is 6.40. The average Bonchev–Trinajstić information content (AvgIpc) is 3.27. The molecule has 1 N–H and O–H groups in total. The number of hydrogen-bond acceptors (Lipinski definition) is 5. The van der Waals surface area contributed by atoms with Crippen LogP contribution in [-0.2, 0) is 6.42 Å². The molecular formula is C21H23N5O. The van der Waals surface area contributed by atoms with Crippen molar-refractivity contribution in [2.75, 3.05) is 13.1 Å². The van der Waals surface area contributed by atoms with Gasteiger partial charge in [0.05, 0.1) is 11.7 Å². The Morgan fingerprint density at radius 1 is 1.07 bits per heavy atom. The van der Waals surface area contributed by atoms with Crippen LogP contribution >= 0.6 is 0 Å². The lowest BCUT2D eigenvalue weighted by Gasteiger charge is -2.50. The van der Waals surface area contributed by atoms with Crippen molar-refractivity contribution in [3.63, 3.8) is 0 Å². The highest BCUT2D eigenvalue weighted by Gasteiger charge is 2.43. The molecule has 0 radical (unpaired) electrons. The van der Waals surface area contributed by atoms with Gasteiger partial charge in [0.2, 0.25) is 5.88 Å². The molecule has 138 valence electrons. The number of fused-ring (bicyclic) bond motifs is 3. The minimum atomic E-state index is 0.151. The number of ether oxygens (including phenoxy) is 1. The van der Waals surface area contributed by atoms with Crippen LogP contribution < -0.4 is 4.74 Å². The maximum Gasteiger partial charge on any atom is 0.233 e. The Kier molecular flexibility index (Phi) is 4.33. The van der Waals surface area contributed by atoms with E-state index < -0.39 is 0 Å². The van der Waals surface area contributed by atoms with Gasteiger partial charge < -0.3 is 9.72 Å². The van der Waals surface area contributed by atoms with Crippen LogP contribution in [0.25, 0.3) is 11.4 Å². The summed E-state index contributed by atoms with van der Waals surface area (Å²) in [7, 11) is 0. The summed E-state index contributed by atoms with van der Waals surface area (Å²) in [5, 5.41) is 8.66. The van der Waals surface area contributed by atoms with Gasteiger partial charge in [0, 0.05) is 24.7 Å². The van der Waals surface area contributed by atoms with E-state index >= 15 is 0 Å². The van der Waals surface area contributed by atoms with Crippen LogP contribution in [0.4, 0.5) is 0 Å². The monoisotopic (exact) mass is 361 g/mol. The zero-order chi connectivity index (χ0) is 18.1. The van der Waals surface area contributed by atoms with Crippen molar-refractivity contribution >= 4 is 0 Å². The van der Waals surface area contributed by atoms with Crippen LogP contribution in [0.2, 0.25) is 0 Å². The summed E-state index contributed by atoms with van der Waals surface area (Å²) in [5.41, 5.74) is 3.05. The number of rotatable bonds is 5. The Hall–Kier alpha value is -2.73. The van der Waals surface area contributed by atoms with E-state index in [-0.39, 0.29) is 6.10 Å². The molecule has 3 aromatic heterocycles. The molecule has 0 spiro atoms. The van der Waals surface area contributed by atoms with E-state index in [1.165, 1.54) is 18.4 Å². The van der Waals surface area contributed by atoms with Crippen molar-refractivity contribution in [1.29, 1.82) is 0 Å². The summed E-state index contributed by atoms with van der Waals surface area (Å²) in [5.74, 6) is 1.20. The van der Waals surface area contributed by atoms with Crippen molar-refractivity contribution < 1.29 is 4.74 Å². The predicted molar refractivity (Wildman–Crippen MR) is 102 cm³/mol. The summed E-state index contributed by atoms with van der Waals surface area (Å²) in [6.45, 7) is 2.32. The first-order valence-electron chi connectivity index (χ1n) is 9.64. The Bertz CT molecular complexity index is 857. The van der Waals surface area contributed by atoms with E-state index in [1.54, 1.807) is 0 Å². The second kappa shape index (κ2) is 7.12.